The van der Waals surface area contributed by atoms with E-state index in [1.54, 1.807) is 24.4 Å². The predicted molar refractivity (Wildman–Crippen MR) is 103 cm³/mol. The van der Waals surface area contributed by atoms with Crippen LogP contribution in [-0.2, 0) is 6.54 Å². The van der Waals surface area contributed by atoms with E-state index in [9.17, 15) is 10.1 Å². The first-order valence-corrected chi connectivity index (χ1v) is 8.57. The number of hydrogen-bond donors (Lipinski definition) is 2. The summed E-state index contributed by atoms with van der Waals surface area (Å²) in [6.07, 6.45) is 2.81. The van der Waals surface area contributed by atoms with Gasteiger partial charge in [0.05, 0.1) is 4.92 Å². The summed E-state index contributed by atoms with van der Waals surface area (Å²) in [6.45, 7) is 0.285. The second-order valence-electron chi connectivity index (χ2n) is 5.11. The minimum Gasteiger partial charge on any atom is -0.360 e. The van der Waals surface area contributed by atoms with Gasteiger partial charge in [-0.2, -0.15) is 0 Å². The molecule has 0 unspecified atom stereocenters. The molecule has 0 spiro atoms. The van der Waals surface area contributed by atoms with Crippen LogP contribution in [0.25, 0.3) is 0 Å². The van der Waals surface area contributed by atoms with E-state index in [2.05, 4.69) is 41.5 Å². The van der Waals surface area contributed by atoms with E-state index in [0.717, 1.165) is 10.0 Å². The first kappa shape index (κ1) is 18.0. The van der Waals surface area contributed by atoms with Gasteiger partial charge in [0.1, 0.15) is 12.1 Å². The van der Waals surface area contributed by atoms with Gasteiger partial charge in [-0.15, -0.1) is 0 Å². The molecule has 0 aliphatic carbocycles. The second kappa shape index (κ2) is 8.07. The molecule has 0 radical (unpaired) electrons. The molecular weight excluding hydrogens is 424 g/mol. The normalized spacial score (nSPS) is 10.4. The van der Waals surface area contributed by atoms with E-state index in [1.165, 1.54) is 6.33 Å². The summed E-state index contributed by atoms with van der Waals surface area (Å²) in [5, 5.41) is 17.9. The molecule has 0 aliphatic heterocycles. The van der Waals surface area contributed by atoms with Crippen LogP contribution in [0.3, 0.4) is 0 Å². The molecule has 3 aromatic rings. The molecule has 10 heteroatoms. The van der Waals surface area contributed by atoms with Crippen molar-refractivity contribution < 1.29 is 4.92 Å². The SMILES string of the molecule is O=[N+]([O-])c1c(NCc2ccccc2Cl)ncnc1Nc1ccc(Br)cn1. The lowest BCUT2D eigenvalue weighted by atomic mass is 10.2. The van der Waals surface area contributed by atoms with Crippen molar-refractivity contribution in [2.24, 2.45) is 0 Å². The van der Waals surface area contributed by atoms with Gasteiger partial charge in [0.25, 0.3) is 0 Å². The van der Waals surface area contributed by atoms with Crippen molar-refractivity contribution in [3.05, 3.63) is 74.1 Å². The third-order valence-electron chi connectivity index (χ3n) is 3.38. The summed E-state index contributed by atoms with van der Waals surface area (Å²) >= 11 is 9.40. The summed E-state index contributed by atoms with van der Waals surface area (Å²) in [5.74, 6) is 0.554. The van der Waals surface area contributed by atoms with Crippen LogP contribution in [0.1, 0.15) is 5.56 Å². The first-order valence-electron chi connectivity index (χ1n) is 7.40. The zero-order chi connectivity index (χ0) is 18.5. The number of nitro groups is 1. The Labute approximate surface area is 161 Å². The van der Waals surface area contributed by atoms with Gasteiger partial charge in [-0.1, -0.05) is 29.8 Å². The average molecular weight is 436 g/mol. The van der Waals surface area contributed by atoms with Crippen LogP contribution in [0.5, 0.6) is 0 Å². The highest BCUT2D eigenvalue weighted by Crippen LogP contribution is 2.31. The monoisotopic (exact) mass is 434 g/mol. The van der Waals surface area contributed by atoms with Crippen LogP contribution >= 0.6 is 27.5 Å². The van der Waals surface area contributed by atoms with Gasteiger partial charge in [-0.25, -0.2) is 15.0 Å². The molecule has 0 amide bonds. The fraction of sp³-hybridized carbons (Fsp3) is 0.0625. The van der Waals surface area contributed by atoms with Gasteiger partial charge >= 0.3 is 5.69 Å². The molecule has 2 heterocycles. The Balaban J connectivity index is 1.87. The zero-order valence-electron chi connectivity index (χ0n) is 13.2. The molecular formula is C16H12BrClN6O2. The van der Waals surface area contributed by atoms with Crippen molar-refractivity contribution in [2.45, 2.75) is 6.54 Å². The molecule has 0 fully saturated rings. The smallest absolute Gasteiger partial charge is 0.353 e. The Morgan fingerprint density at radius 2 is 1.88 bits per heavy atom. The number of rotatable bonds is 6. The number of hydrogen-bond acceptors (Lipinski definition) is 7. The first-order chi connectivity index (χ1) is 12.5. The molecule has 2 N–H and O–H groups in total. The number of anilines is 3. The Morgan fingerprint density at radius 1 is 1.12 bits per heavy atom. The summed E-state index contributed by atoms with van der Waals surface area (Å²) < 4.78 is 0.794. The van der Waals surface area contributed by atoms with Gasteiger partial charge in [0.15, 0.2) is 0 Å². The lowest BCUT2D eigenvalue weighted by molar-refractivity contribution is -0.383. The van der Waals surface area contributed by atoms with E-state index in [0.29, 0.717) is 10.8 Å². The maximum atomic E-state index is 11.6. The maximum absolute atomic E-state index is 11.6. The van der Waals surface area contributed by atoms with Crippen LogP contribution in [0, 0.1) is 10.1 Å². The van der Waals surface area contributed by atoms with Crippen molar-refractivity contribution in [2.75, 3.05) is 10.6 Å². The van der Waals surface area contributed by atoms with Gasteiger partial charge in [0.2, 0.25) is 11.6 Å². The highest BCUT2D eigenvalue weighted by atomic mass is 79.9. The van der Waals surface area contributed by atoms with Crippen molar-refractivity contribution in [1.29, 1.82) is 0 Å². The molecule has 0 atom stereocenters. The average Bonchev–Trinajstić information content (AvgIpc) is 2.63. The van der Waals surface area contributed by atoms with E-state index in [4.69, 9.17) is 11.6 Å². The number of halogens is 2. The van der Waals surface area contributed by atoms with Gasteiger partial charge in [-0.3, -0.25) is 10.1 Å². The van der Waals surface area contributed by atoms with Crippen LogP contribution < -0.4 is 10.6 Å². The quantitative estimate of drug-likeness (QED) is 0.432. The zero-order valence-corrected chi connectivity index (χ0v) is 15.5. The summed E-state index contributed by atoms with van der Waals surface area (Å²) in [7, 11) is 0. The van der Waals surface area contributed by atoms with E-state index in [1.807, 2.05) is 18.2 Å². The molecule has 0 aliphatic rings. The fourth-order valence-corrected chi connectivity index (χ4v) is 2.60. The third-order valence-corrected chi connectivity index (χ3v) is 4.22. The molecule has 0 saturated carbocycles. The number of nitrogens with zero attached hydrogens (tertiary/aromatic N) is 4. The van der Waals surface area contributed by atoms with Crippen LogP contribution in [-0.4, -0.2) is 19.9 Å². The molecule has 0 bridgehead atoms. The molecule has 26 heavy (non-hydrogen) atoms. The molecule has 8 nitrogen and oxygen atoms in total. The Hall–Kier alpha value is -2.78. The number of aromatic nitrogens is 3. The van der Waals surface area contributed by atoms with Crippen molar-refractivity contribution in [1.82, 2.24) is 15.0 Å². The molecule has 2 aromatic heterocycles. The van der Waals surface area contributed by atoms with Crippen molar-refractivity contribution in [3.63, 3.8) is 0 Å². The highest BCUT2D eigenvalue weighted by molar-refractivity contribution is 9.10. The van der Waals surface area contributed by atoms with Crippen molar-refractivity contribution >= 4 is 50.7 Å². The minimum atomic E-state index is -0.546. The number of benzene rings is 1. The number of nitrogens with one attached hydrogen (secondary N) is 2. The van der Waals surface area contributed by atoms with E-state index in [-0.39, 0.29) is 23.9 Å². The predicted octanol–water partition coefficient (Wildman–Crippen LogP) is 4.55. The fourth-order valence-electron chi connectivity index (χ4n) is 2.16. The van der Waals surface area contributed by atoms with Gasteiger partial charge in [0, 0.05) is 22.2 Å². The Morgan fingerprint density at radius 3 is 2.58 bits per heavy atom. The topological polar surface area (TPSA) is 106 Å². The highest BCUT2D eigenvalue weighted by Gasteiger charge is 2.23. The van der Waals surface area contributed by atoms with Crippen LogP contribution in [0.15, 0.2) is 53.4 Å². The largest absolute Gasteiger partial charge is 0.360 e. The van der Waals surface area contributed by atoms with Crippen LogP contribution in [0.4, 0.5) is 23.1 Å². The third kappa shape index (κ3) is 4.24. The van der Waals surface area contributed by atoms with E-state index >= 15 is 0 Å². The summed E-state index contributed by atoms with van der Waals surface area (Å²) in [6, 6.07) is 10.7. The summed E-state index contributed by atoms with van der Waals surface area (Å²) in [5.41, 5.74) is 0.524. The lowest BCUT2D eigenvalue weighted by Gasteiger charge is -2.10. The lowest BCUT2D eigenvalue weighted by Crippen LogP contribution is -2.08. The van der Waals surface area contributed by atoms with Crippen LogP contribution in [0.2, 0.25) is 5.02 Å². The van der Waals surface area contributed by atoms with E-state index < -0.39 is 4.92 Å². The molecule has 3 rings (SSSR count). The van der Waals surface area contributed by atoms with Gasteiger partial charge in [-0.05, 0) is 39.7 Å². The van der Waals surface area contributed by atoms with Crippen molar-refractivity contribution in [3.8, 4) is 0 Å². The standard InChI is InChI=1S/C16H12BrClN6O2/c17-11-5-6-13(19-8-11)23-16-14(24(25)26)15(21-9-22-16)20-7-10-3-1-2-4-12(10)18/h1-6,8-9H,7H2,(H2,19,20,21,22,23). The summed E-state index contributed by atoms with van der Waals surface area (Å²) in [4.78, 5) is 23.1. The maximum Gasteiger partial charge on any atom is 0.353 e. The second-order valence-corrected chi connectivity index (χ2v) is 6.43. The molecule has 132 valence electrons. The van der Waals surface area contributed by atoms with Gasteiger partial charge < -0.3 is 10.6 Å². The minimum absolute atomic E-state index is 0.0430. The Kier molecular flexibility index (Phi) is 5.59. The molecule has 1 aromatic carbocycles. The Bertz CT molecular complexity index is 938. The number of pyridine rings is 1. The molecule has 0 saturated heterocycles.